The maximum absolute atomic E-state index is 10.8. The minimum atomic E-state index is -4.33. The van der Waals surface area contributed by atoms with Crippen LogP contribution in [0.2, 0.25) is 0 Å². The Morgan fingerprint density at radius 3 is 2.38 bits per heavy atom. The van der Waals surface area contributed by atoms with Crippen molar-refractivity contribution < 1.29 is 17.7 Å². The summed E-state index contributed by atoms with van der Waals surface area (Å²) in [4.78, 5) is -0.0851. The lowest BCUT2D eigenvalue weighted by molar-refractivity contribution is -0.544. The number of fused-ring (bicyclic) bond motifs is 1. The SMILES string of the molecule is CCCC1=[N+](N)CCn2cccc21.Cc1cc(C)c(S(=O)(=O)[O-])c(C)c1. The number of hydrogen-bond donors (Lipinski definition) is 1. The van der Waals surface area contributed by atoms with Gasteiger partial charge in [0.2, 0.25) is 5.71 Å². The van der Waals surface area contributed by atoms with E-state index in [0.29, 0.717) is 11.1 Å². The fraction of sp³-hybridized carbons (Fsp3) is 0.421. The first-order valence-corrected chi connectivity index (χ1v) is 10.1. The van der Waals surface area contributed by atoms with Gasteiger partial charge in [-0.05, 0) is 50.5 Å². The van der Waals surface area contributed by atoms with E-state index in [2.05, 4.69) is 29.8 Å². The standard InChI is InChI=1S/C10H16N3.C9H12O3S/c1-2-4-10-9-5-3-6-12(9)7-8-13(10)11;1-6-4-7(2)9(8(3)5-6)13(10,11)12/h3,5-6H,2,4,7-8,11H2,1H3;4-5H,1-3H3,(H,10,11,12)/q+1;/p-1. The van der Waals surface area contributed by atoms with E-state index in [4.69, 9.17) is 5.84 Å². The normalized spacial score (nSPS) is 13.9. The molecule has 1 aliphatic rings. The summed E-state index contributed by atoms with van der Waals surface area (Å²) in [5.74, 6) is 5.92. The molecule has 0 amide bonds. The van der Waals surface area contributed by atoms with Gasteiger partial charge in [0.1, 0.15) is 15.8 Å². The van der Waals surface area contributed by atoms with Crippen molar-refractivity contribution >= 4 is 15.8 Å². The summed E-state index contributed by atoms with van der Waals surface area (Å²) in [5, 5.41) is 0. The molecule has 0 saturated carbocycles. The summed E-state index contributed by atoms with van der Waals surface area (Å²) in [6.07, 6.45) is 4.34. The van der Waals surface area contributed by atoms with Crippen molar-refractivity contribution in [3.05, 3.63) is 52.8 Å². The van der Waals surface area contributed by atoms with Crippen molar-refractivity contribution in [2.24, 2.45) is 5.84 Å². The number of hydrazone groups is 1. The number of aryl methyl sites for hydroxylation is 3. The average molecular weight is 378 g/mol. The molecule has 0 spiro atoms. The van der Waals surface area contributed by atoms with E-state index in [1.165, 1.54) is 11.4 Å². The number of nitrogens with two attached hydrogens (primary N) is 1. The first-order valence-electron chi connectivity index (χ1n) is 8.72. The molecule has 0 atom stereocenters. The number of hydrazine groups is 1. The Balaban J connectivity index is 0.000000187. The van der Waals surface area contributed by atoms with Crippen LogP contribution in [0.3, 0.4) is 0 Å². The van der Waals surface area contributed by atoms with Crippen molar-refractivity contribution in [2.45, 2.75) is 52.0 Å². The van der Waals surface area contributed by atoms with Gasteiger partial charge in [0, 0.05) is 12.6 Å². The lowest BCUT2D eigenvalue weighted by Crippen LogP contribution is -2.37. The number of aromatic nitrogens is 1. The molecular formula is C19H27N3O3S. The zero-order valence-electron chi connectivity index (χ0n) is 15.8. The minimum Gasteiger partial charge on any atom is -0.744 e. The third-order valence-electron chi connectivity index (χ3n) is 4.40. The Morgan fingerprint density at radius 1 is 1.23 bits per heavy atom. The third-order valence-corrected chi connectivity index (χ3v) is 5.54. The molecule has 0 fully saturated rings. The molecule has 1 aromatic heterocycles. The van der Waals surface area contributed by atoms with Crippen LogP contribution in [-0.4, -0.2) is 34.5 Å². The number of benzene rings is 1. The van der Waals surface area contributed by atoms with Crippen molar-refractivity contribution in [3.63, 3.8) is 0 Å². The molecule has 2 aromatic rings. The van der Waals surface area contributed by atoms with Crippen LogP contribution in [-0.2, 0) is 16.7 Å². The van der Waals surface area contributed by atoms with Gasteiger partial charge in [-0.3, -0.25) is 0 Å². The number of rotatable bonds is 3. The molecular weight excluding hydrogens is 350 g/mol. The molecule has 3 rings (SSSR count). The predicted molar refractivity (Wildman–Crippen MR) is 101 cm³/mol. The molecule has 26 heavy (non-hydrogen) atoms. The van der Waals surface area contributed by atoms with Gasteiger partial charge in [0.15, 0.2) is 6.54 Å². The highest BCUT2D eigenvalue weighted by molar-refractivity contribution is 7.85. The highest BCUT2D eigenvalue weighted by Crippen LogP contribution is 2.20. The quantitative estimate of drug-likeness (QED) is 0.505. The summed E-state index contributed by atoms with van der Waals surface area (Å²) in [6.45, 7) is 9.24. The second-order valence-corrected chi connectivity index (χ2v) is 7.98. The Bertz CT molecular complexity index is 904. The van der Waals surface area contributed by atoms with Crippen LogP contribution in [0, 0.1) is 20.8 Å². The van der Waals surface area contributed by atoms with E-state index < -0.39 is 10.1 Å². The smallest absolute Gasteiger partial charge is 0.228 e. The van der Waals surface area contributed by atoms with Gasteiger partial charge in [0.25, 0.3) is 0 Å². The maximum Gasteiger partial charge on any atom is 0.228 e. The molecule has 2 heterocycles. The second kappa shape index (κ2) is 8.05. The number of hydrogen-bond acceptors (Lipinski definition) is 4. The molecule has 6 nitrogen and oxygen atoms in total. The summed E-state index contributed by atoms with van der Waals surface area (Å²) < 4.78 is 36.7. The lowest BCUT2D eigenvalue weighted by Gasteiger charge is -2.14. The van der Waals surface area contributed by atoms with Crippen LogP contribution in [0.1, 0.15) is 42.1 Å². The van der Waals surface area contributed by atoms with Crippen LogP contribution in [0.5, 0.6) is 0 Å². The van der Waals surface area contributed by atoms with Crippen LogP contribution < -0.4 is 5.84 Å². The molecule has 142 valence electrons. The van der Waals surface area contributed by atoms with Gasteiger partial charge in [-0.2, -0.15) is 0 Å². The van der Waals surface area contributed by atoms with Crippen LogP contribution >= 0.6 is 0 Å². The molecule has 1 aromatic carbocycles. The predicted octanol–water partition coefficient (Wildman–Crippen LogP) is 2.49. The van der Waals surface area contributed by atoms with E-state index in [9.17, 15) is 13.0 Å². The molecule has 0 unspecified atom stereocenters. The fourth-order valence-electron chi connectivity index (χ4n) is 3.44. The molecule has 0 aliphatic carbocycles. The van der Waals surface area contributed by atoms with E-state index in [0.717, 1.165) is 31.5 Å². The van der Waals surface area contributed by atoms with Gasteiger partial charge in [-0.1, -0.05) is 24.6 Å². The Morgan fingerprint density at radius 2 is 1.85 bits per heavy atom. The van der Waals surface area contributed by atoms with Gasteiger partial charge in [-0.15, -0.1) is 4.68 Å². The van der Waals surface area contributed by atoms with Crippen molar-refractivity contribution in [1.29, 1.82) is 0 Å². The first kappa shape index (κ1) is 20.2. The maximum atomic E-state index is 10.8. The summed E-state index contributed by atoms with van der Waals surface area (Å²) in [5.41, 5.74) is 4.57. The fourth-order valence-corrected chi connectivity index (χ4v) is 4.34. The van der Waals surface area contributed by atoms with Gasteiger partial charge >= 0.3 is 0 Å². The second-order valence-electron chi connectivity index (χ2n) is 6.66. The summed E-state index contributed by atoms with van der Waals surface area (Å²) >= 11 is 0. The molecule has 0 bridgehead atoms. The average Bonchev–Trinajstić information content (AvgIpc) is 2.97. The summed E-state index contributed by atoms with van der Waals surface area (Å²) in [6, 6.07) is 7.61. The monoisotopic (exact) mass is 377 g/mol. The Hall–Kier alpha value is -2.12. The van der Waals surface area contributed by atoms with Crippen molar-refractivity contribution in [1.82, 2.24) is 4.57 Å². The van der Waals surface area contributed by atoms with Gasteiger partial charge in [-0.25, -0.2) is 14.3 Å². The topological polar surface area (TPSA) is 91.2 Å². The Kier molecular flexibility index (Phi) is 6.26. The van der Waals surface area contributed by atoms with Crippen molar-refractivity contribution in [2.75, 3.05) is 6.54 Å². The first-order chi connectivity index (χ1) is 12.1. The zero-order chi connectivity index (χ0) is 19.5. The highest BCUT2D eigenvalue weighted by Gasteiger charge is 2.22. The van der Waals surface area contributed by atoms with Crippen LogP contribution in [0.15, 0.2) is 35.4 Å². The highest BCUT2D eigenvalue weighted by atomic mass is 32.2. The molecule has 7 heteroatoms. The van der Waals surface area contributed by atoms with Crippen molar-refractivity contribution in [3.8, 4) is 0 Å². The van der Waals surface area contributed by atoms with E-state index in [1.807, 2.05) is 11.6 Å². The largest absolute Gasteiger partial charge is 0.744 e. The van der Waals surface area contributed by atoms with E-state index in [-0.39, 0.29) is 4.90 Å². The molecule has 0 saturated heterocycles. The molecule has 0 radical (unpaired) electrons. The minimum absolute atomic E-state index is 0.0851. The number of nitrogens with zero attached hydrogens (tertiary/aromatic N) is 2. The van der Waals surface area contributed by atoms with Gasteiger partial charge < -0.3 is 9.12 Å². The van der Waals surface area contributed by atoms with Crippen LogP contribution in [0.25, 0.3) is 0 Å². The zero-order valence-corrected chi connectivity index (χ0v) is 16.6. The van der Waals surface area contributed by atoms with E-state index >= 15 is 0 Å². The lowest BCUT2D eigenvalue weighted by atomic mass is 10.1. The molecule has 2 N–H and O–H groups in total. The van der Waals surface area contributed by atoms with E-state index in [1.54, 1.807) is 26.0 Å². The Labute approximate surface area is 155 Å². The molecule has 1 aliphatic heterocycles. The van der Waals surface area contributed by atoms with Gasteiger partial charge in [0.05, 0.1) is 11.4 Å². The van der Waals surface area contributed by atoms with Crippen LogP contribution in [0.4, 0.5) is 0 Å². The third kappa shape index (κ3) is 4.53. The summed E-state index contributed by atoms with van der Waals surface area (Å²) in [7, 11) is -4.33.